The zero-order valence-electron chi connectivity index (χ0n) is 10.3. The maximum Gasteiger partial charge on any atom is 0.141 e. The molecule has 2 nitrogen and oxygen atoms in total. The summed E-state index contributed by atoms with van der Waals surface area (Å²) in [6.07, 6.45) is 0. The average Bonchev–Trinajstić information content (AvgIpc) is 2.39. The van der Waals surface area contributed by atoms with Gasteiger partial charge in [-0.15, -0.1) is 0 Å². The second-order valence-electron chi connectivity index (χ2n) is 4.24. The summed E-state index contributed by atoms with van der Waals surface area (Å²) in [4.78, 5) is 0. The Bertz CT molecular complexity index is 617. The predicted molar refractivity (Wildman–Crippen MR) is 77.3 cm³/mol. The van der Waals surface area contributed by atoms with Crippen molar-refractivity contribution >= 4 is 21.6 Å². The molecule has 0 aliphatic heterocycles. The van der Waals surface area contributed by atoms with Crippen LogP contribution in [0.5, 0.6) is 0 Å². The number of anilines is 1. The molecule has 19 heavy (non-hydrogen) atoms. The Morgan fingerprint density at radius 3 is 2.47 bits per heavy atom. The van der Waals surface area contributed by atoms with E-state index in [0.29, 0.717) is 10.0 Å². The summed E-state index contributed by atoms with van der Waals surface area (Å²) in [6.45, 7) is 2.00. The summed E-state index contributed by atoms with van der Waals surface area (Å²) < 4.78 is 13.6. The van der Waals surface area contributed by atoms with Crippen molar-refractivity contribution in [3.05, 3.63) is 63.9 Å². The average molecular weight is 319 g/mol. The predicted octanol–water partition coefficient (Wildman–Crippen LogP) is 4.57. The third-order valence-electron chi connectivity index (χ3n) is 2.77. The molecule has 2 aromatic carbocycles. The van der Waals surface area contributed by atoms with Gasteiger partial charge < -0.3 is 5.32 Å². The molecule has 96 valence electrons. The molecule has 0 radical (unpaired) electrons. The molecule has 0 aromatic heterocycles. The number of aryl methyl sites for hydroxylation is 1. The van der Waals surface area contributed by atoms with Crippen molar-refractivity contribution in [2.45, 2.75) is 13.0 Å². The zero-order chi connectivity index (χ0) is 13.8. The fourth-order valence-electron chi connectivity index (χ4n) is 1.73. The molecule has 0 amide bonds. The highest BCUT2D eigenvalue weighted by molar-refractivity contribution is 9.10. The van der Waals surface area contributed by atoms with Gasteiger partial charge in [0.2, 0.25) is 0 Å². The number of hydrogen-bond acceptors (Lipinski definition) is 2. The Labute approximate surface area is 120 Å². The Morgan fingerprint density at radius 2 is 1.89 bits per heavy atom. The summed E-state index contributed by atoms with van der Waals surface area (Å²) in [5.41, 5.74) is 2.72. The highest BCUT2D eigenvalue weighted by Gasteiger charge is 2.14. The maximum atomic E-state index is 13.1. The first-order valence-electron chi connectivity index (χ1n) is 5.78. The Balaban J connectivity index is 2.25. The number of nitrogens with zero attached hydrogens (tertiary/aromatic N) is 1. The standard InChI is InChI=1S/C15H12BrFN2/c1-10-2-5-12(6-3-10)19-15(9-18)13-7-4-11(17)8-14(13)16/h2-8,15,19H,1H3. The van der Waals surface area contributed by atoms with Crippen molar-refractivity contribution in [1.82, 2.24) is 0 Å². The van der Waals surface area contributed by atoms with Gasteiger partial charge in [-0.25, -0.2) is 4.39 Å². The lowest BCUT2D eigenvalue weighted by molar-refractivity contribution is 0.625. The molecule has 0 saturated heterocycles. The van der Waals surface area contributed by atoms with Crippen molar-refractivity contribution < 1.29 is 4.39 Å². The molecule has 1 atom stereocenters. The minimum atomic E-state index is -0.530. The second kappa shape index (κ2) is 5.85. The number of benzene rings is 2. The van der Waals surface area contributed by atoms with Crippen LogP contribution in [0, 0.1) is 24.1 Å². The third-order valence-corrected chi connectivity index (χ3v) is 3.45. The fourth-order valence-corrected chi connectivity index (χ4v) is 2.31. The SMILES string of the molecule is Cc1ccc(NC(C#N)c2ccc(F)cc2Br)cc1. The molecule has 0 fully saturated rings. The summed E-state index contributed by atoms with van der Waals surface area (Å²) in [5, 5.41) is 12.4. The highest BCUT2D eigenvalue weighted by Crippen LogP contribution is 2.27. The minimum absolute atomic E-state index is 0.331. The van der Waals surface area contributed by atoms with E-state index in [1.165, 1.54) is 12.1 Å². The molecular formula is C15H12BrFN2. The molecule has 0 bridgehead atoms. The van der Waals surface area contributed by atoms with Crippen LogP contribution in [-0.4, -0.2) is 0 Å². The van der Waals surface area contributed by atoms with Crippen LogP contribution in [0.4, 0.5) is 10.1 Å². The normalized spacial score (nSPS) is 11.7. The Morgan fingerprint density at radius 1 is 1.21 bits per heavy atom. The number of nitrogens with one attached hydrogen (secondary N) is 1. The van der Waals surface area contributed by atoms with Crippen LogP contribution in [0.1, 0.15) is 17.2 Å². The Kier molecular flexibility index (Phi) is 4.18. The van der Waals surface area contributed by atoms with Crippen molar-refractivity contribution in [3.63, 3.8) is 0 Å². The van der Waals surface area contributed by atoms with E-state index in [1.54, 1.807) is 6.07 Å². The van der Waals surface area contributed by atoms with Crippen LogP contribution in [0.2, 0.25) is 0 Å². The number of hydrogen-bond donors (Lipinski definition) is 1. The number of halogens is 2. The van der Waals surface area contributed by atoms with Crippen molar-refractivity contribution in [2.24, 2.45) is 0 Å². The van der Waals surface area contributed by atoms with Gasteiger partial charge in [-0.1, -0.05) is 39.7 Å². The van der Waals surface area contributed by atoms with E-state index in [2.05, 4.69) is 27.3 Å². The molecule has 1 unspecified atom stereocenters. The largest absolute Gasteiger partial charge is 0.366 e. The van der Waals surface area contributed by atoms with Gasteiger partial charge in [0.15, 0.2) is 0 Å². The number of nitriles is 1. The summed E-state index contributed by atoms with van der Waals surface area (Å²) >= 11 is 3.28. The number of rotatable bonds is 3. The van der Waals surface area contributed by atoms with Crippen LogP contribution in [0.15, 0.2) is 46.9 Å². The molecule has 0 aliphatic rings. The van der Waals surface area contributed by atoms with Crippen LogP contribution in [-0.2, 0) is 0 Å². The molecule has 2 aromatic rings. The summed E-state index contributed by atoms with van der Waals surface area (Å²) in [7, 11) is 0. The quantitative estimate of drug-likeness (QED) is 0.899. The maximum absolute atomic E-state index is 13.1. The molecule has 4 heteroatoms. The summed E-state index contributed by atoms with van der Waals surface area (Å²) in [6, 6.07) is 13.7. The van der Waals surface area contributed by atoms with E-state index in [0.717, 1.165) is 11.3 Å². The van der Waals surface area contributed by atoms with Gasteiger partial charge in [-0.2, -0.15) is 5.26 Å². The van der Waals surface area contributed by atoms with Gasteiger partial charge in [-0.3, -0.25) is 0 Å². The molecule has 0 spiro atoms. The van der Waals surface area contributed by atoms with E-state index < -0.39 is 6.04 Å². The van der Waals surface area contributed by atoms with E-state index >= 15 is 0 Å². The molecule has 1 N–H and O–H groups in total. The van der Waals surface area contributed by atoms with Crippen LogP contribution in [0.3, 0.4) is 0 Å². The molecule has 0 saturated carbocycles. The molecular weight excluding hydrogens is 307 g/mol. The van der Waals surface area contributed by atoms with Crippen molar-refractivity contribution in [3.8, 4) is 6.07 Å². The second-order valence-corrected chi connectivity index (χ2v) is 5.09. The van der Waals surface area contributed by atoms with Crippen LogP contribution >= 0.6 is 15.9 Å². The van der Waals surface area contributed by atoms with Gasteiger partial charge in [0, 0.05) is 15.7 Å². The van der Waals surface area contributed by atoms with Crippen LogP contribution < -0.4 is 5.32 Å². The monoisotopic (exact) mass is 318 g/mol. The van der Waals surface area contributed by atoms with Gasteiger partial charge >= 0.3 is 0 Å². The topological polar surface area (TPSA) is 35.8 Å². The van der Waals surface area contributed by atoms with Gasteiger partial charge in [0.25, 0.3) is 0 Å². The minimum Gasteiger partial charge on any atom is -0.366 e. The van der Waals surface area contributed by atoms with Crippen molar-refractivity contribution in [1.29, 1.82) is 5.26 Å². The highest BCUT2D eigenvalue weighted by atomic mass is 79.9. The molecule has 2 rings (SSSR count). The lowest BCUT2D eigenvalue weighted by Crippen LogP contribution is -2.09. The van der Waals surface area contributed by atoms with E-state index in [9.17, 15) is 9.65 Å². The van der Waals surface area contributed by atoms with E-state index in [4.69, 9.17) is 0 Å². The third kappa shape index (κ3) is 3.33. The molecule has 0 aliphatic carbocycles. The van der Waals surface area contributed by atoms with Crippen LogP contribution in [0.25, 0.3) is 0 Å². The fraction of sp³-hybridized carbons (Fsp3) is 0.133. The first-order valence-corrected chi connectivity index (χ1v) is 6.57. The van der Waals surface area contributed by atoms with Gasteiger partial charge in [-0.05, 0) is 31.2 Å². The first kappa shape index (κ1) is 13.6. The lowest BCUT2D eigenvalue weighted by Gasteiger charge is -2.15. The van der Waals surface area contributed by atoms with Gasteiger partial charge in [0.1, 0.15) is 11.9 Å². The zero-order valence-corrected chi connectivity index (χ0v) is 11.9. The Hall–Kier alpha value is -1.86. The van der Waals surface area contributed by atoms with Crippen molar-refractivity contribution in [2.75, 3.05) is 5.32 Å². The lowest BCUT2D eigenvalue weighted by atomic mass is 10.1. The van der Waals surface area contributed by atoms with Gasteiger partial charge in [0.05, 0.1) is 6.07 Å². The summed E-state index contributed by atoms with van der Waals surface area (Å²) in [5.74, 6) is -0.331. The smallest absolute Gasteiger partial charge is 0.141 e. The molecule has 0 heterocycles. The van der Waals surface area contributed by atoms with E-state index in [-0.39, 0.29) is 5.82 Å². The first-order chi connectivity index (χ1) is 9.10. The van der Waals surface area contributed by atoms with E-state index in [1.807, 2.05) is 31.2 Å².